The number of amides is 1. The van der Waals surface area contributed by atoms with Crippen LogP contribution in [0.2, 0.25) is 0 Å². The summed E-state index contributed by atoms with van der Waals surface area (Å²) in [6.45, 7) is 5.61. The molecule has 0 radical (unpaired) electrons. The molecule has 1 saturated heterocycles. The first kappa shape index (κ1) is 15.2. The van der Waals surface area contributed by atoms with Gasteiger partial charge in [0.15, 0.2) is 0 Å². The van der Waals surface area contributed by atoms with Crippen LogP contribution < -0.4 is 4.74 Å². The van der Waals surface area contributed by atoms with Crippen molar-refractivity contribution in [1.82, 2.24) is 4.90 Å². The first-order valence-corrected chi connectivity index (χ1v) is 7.12. The molecule has 1 atom stereocenters. The van der Waals surface area contributed by atoms with Gasteiger partial charge in [-0.05, 0) is 43.0 Å². The molecular formula is C15H20N4O2. The number of hydrogen-bond acceptors (Lipinski definition) is 3. The van der Waals surface area contributed by atoms with Gasteiger partial charge in [0, 0.05) is 31.0 Å². The Morgan fingerprint density at radius 2 is 2.14 bits per heavy atom. The molecule has 0 aromatic heterocycles. The Labute approximate surface area is 124 Å². The molecule has 1 unspecified atom stereocenters. The van der Waals surface area contributed by atoms with Crippen molar-refractivity contribution in [2.75, 3.05) is 13.1 Å². The normalized spacial score (nSPS) is 18.0. The van der Waals surface area contributed by atoms with Crippen LogP contribution in [-0.4, -0.2) is 30.0 Å². The minimum atomic E-state index is 0.121. The summed E-state index contributed by atoms with van der Waals surface area (Å²) in [5, 5.41) is 3.55. The fourth-order valence-corrected chi connectivity index (χ4v) is 2.45. The van der Waals surface area contributed by atoms with Crippen LogP contribution >= 0.6 is 0 Å². The molecule has 21 heavy (non-hydrogen) atoms. The Kier molecular flexibility index (Phi) is 5.06. The Hall–Kier alpha value is -2.20. The van der Waals surface area contributed by atoms with E-state index in [4.69, 9.17) is 10.3 Å². The van der Waals surface area contributed by atoms with Gasteiger partial charge in [0.25, 0.3) is 0 Å². The van der Waals surface area contributed by atoms with Crippen LogP contribution in [0.3, 0.4) is 0 Å². The van der Waals surface area contributed by atoms with Crippen molar-refractivity contribution in [2.24, 2.45) is 11.0 Å². The smallest absolute Gasteiger partial charge is 0.223 e. The summed E-state index contributed by atoms with van der Waals surface area (Å²) in [7, 11) is 0. The van der Waals surface area contributed by atoms with Gasteiger partial charge in [0.2, 0.25) is 5.91 Å². The third kappa shape index (κ3) is 4.39. The second kappa shape index (κ2) is 6.99. The maximum atomic E-state index is 11.9. The molecule has 1 fully saturated rings. The van der Waals surface area contributed by atoms with E-state index in [2.05, 4.69) is 10.0 Å². The van der Waals surface area contributed by atoms with E-state index in [-0.39, 0.29) is 17.9 Å². The number of carbonyl (C=O) groups is 1. The predicted molar refractivity (Wildman–Crippen MR) is 79.7 cm³/mol. The minimum absolute atomic E-state index is 0.121. The molecule has 0 spiro atoms. The Balaban J connectivity index is 1.92. The Morgan fingerprint density at radius 3 is 2.76 bits per heavy atom. The molecule has 0 bridgehead atoms. The summed E-state index contributed by atoms with van der Waals surface area (Å²) >= 11 is 0. The number of ether oxygens (including phenoxy) is 1. The van der Waals surface area contributed by atoms with Crippen molar-refractivity contribution in [1.29, 1.82) is 0 Å². The number of nitrogens with zero attached hydrogens (tertiary/aromatic N) is 4. The first-order chi connectivity index (χ1) is 10.1. The van der Waals surface area contributed by atoms with E-state index < -0.39 is 0 Å². The Bertz CT molecular complexity index is 535. The van der Waals surface area contributed by atoms with Crippen LogP contribution in [0.15, 0.2) is 29.4 Å². The SMILES string of the molecule is CC(C)Oc1ccc(CN2CC(CN=[N+]=[N-])CC2=O)cc1. The highest BCUT2D eigenvalue weighted by atomic mass is 16.5. The summed E-state index contributed by atoms with van der Waals surface area (Å²) in [4.78, 5) is 16.5. The summed E-state index contributed by atoms with van der Waals surface area (Å²) < 4.78 is 5.59. The first-order valence-electron chi connectivity index (χ1n) is 7.12. The number of azide groups is 1. The lowest BCUT2D eigenvalue weighted by atomic mass is 10.1. The molecule has 0 saturated carbocycles. The van der Waals surface area contributed by atoms with Crippen LogP contribution in [-0.2, 0) is 11.3 Å². The molecule has 1 aliphatic rings. The van der Waals surface area contributed by atoms with E-state index in [1.807, 2.05) is 43.0 Å². The van der Waals surface area contributed by atoms with Gasteiger partial charge in [-0.15, -0.1) is 0 Å². The van der Waals surface area contributed by atoms with E-state index in [1.165, 1.54) is 0 Å². The lowest BCUT2D eigenvalue weighted by molar-refractivity contribution is -0.128. The van der Waals surface area contributed by atoms with Crippen LogP contribution in [0.1, 0.15) is 25.8 Å². The van der Waals surface area contributed by atoms with E-state index in [9.17, 15) is 4.79 Å². The Morgan fingerprint density at radius 1 is 1.43 bits per heavy atom. The van der Waals surface area contributed by atoms with Crippen molar-refractivity contribution in [3.8, 4) is 5.75 Å². The summed E-state index contributed by atoms with van der Waals surface area (Å²) in [6, 6.07) is 7.80. The molecule has 112 valence electrons. The number of likely N-dealkylation sites (tertiary alicyclic amines) is 1. The second-order valence-corrected chi connectivity index (χ2v) is 5.57. The quantitative estimate of drug-likeness (QED) is 0.458. The number of hydrogen-bond donors (Lipinski definition) is 0. The third-order valence-electron chi connectivity index (χ3n) is 3.37. The van der Waals surface area contributed by atoms with Crippen molar-refractivity contribution >= 4 is 5.91 Å². The molecule has 2 rings (SSSR count). The zero-order valence-electron chi connectivity index (χ0n) is 12.4. The highest BCUT2D eigenvalue weighted by Gasteiger charge is 2.28. The molecule has 6 heteroatoms. The minimum Gasteiger partial charge on any atom is -0.491 e. The monoisotopic (exact) mass is 288 g/mol. The highest BCUT2D eigenvalue weighted by Crippen LogP contribution is 2.21. The van der Waals surface area contributed by atoms with Crippen molar-refractivity contribution < 1.29 is 9.53 Å². The molecule has 1 aromatic carbocycles. The van der Waals surface area contributed by atoms with Crippen LogP contribution in [0, 0.1) is 5.92 Å². The lowest BCUT2D eigenvalue weighted by Crippen LogP contribution is -2.24. The number of rotatable bonds is 6. The number of carbonyl (C=O) groups excluding carboxylic acids is 1. The van der Waals surface area contributed by atoms with Gasteiger partial charge < -0.3 is 9.64 Å². The van der Waals surface area contributed by atoms with Gasteiger partial charge in [-0.1, -0.05) is 17.2 Å². The summed E-state index contributed by atoms with van der Waals surface area (Å²) in [5.74, 6) is 1.09. The summed E-state index contributed by atoms with van der Waals surface area (Å²) in [6.07, 6.45) is 0.616. The van der Waals surface area contributed by atoms with Gasteiger partial charge in [-0.2, -0.15) is 0 Å². The maximum Gasteiger partial charge on any atom is 0.223 e. The largest absolute Gasteiger partial charge is 0.491 e. The van der Waals surface area contributed by atoms with Gasteiger partial charge in [0.05, 0.1) is 6.10 Å². The topological polar surface area (TPSA) is 78.3 Å². The third-order valence-corrected chi connectivity index (χ3v) is 3.37. The molecular weight excluding hydrogens is 268 g/mol. The van der Waals surface area contributed by atoms with Crippen molar-refractivity contribution in [2.45, 2.75) is 32.9 Å². The van der Waals surface area contributed by atoms with E-state index in [0.29, 0.717) is 26.1 Å². The standard InChI is InChI=1S/C15H20N4O2/c1-11(2)21-14-5-3-12(4-6-14)9-19-10-13(7-15(19)20)8-17-18-16/h3-6,11,13H,7-10H2,1-2H3. The maximum absolute atomic E-state index is 11.9. The average molecular weight is 288 g/mol. The fraction of sp³-hybridized carbons (Fsp3) is 0.533. The van der Waals surface area contributed by atoms with Gasteiger partial charge in [0.1, 0.15) is 5.75 Å². The average Bonchev–Trinajstić information content (AvgIpc) is 2.78. The van der Waals surface area contributed by atoms with E-state index in [0.717, 1.165) is 11.3 Å². The molecule has 6 nitrogen and oxygen atoms in total. The molecule has 1 aliphatic heterocycles. The van der Waals surface area contributed by atoms with Crippen LogP contribution in [0.5, 0.6) is 5.75 Å². The molecule has 1 amide bonds. The van der Waals surface area contributed by atoms with Crippen molar-refractivity contribution in [3.63, 3.8) is 0 Å². The zero-order chi connectivity index (χ0) is 15.2. The fourth-order valence-electron chi connectivity index (χ4n) is 2.45. The summed E-state index contributed by atoms with van der Waals surface area (Å²) in [5.41, 5.74) is 9.40. The van der Waals surface area contributed by atoms with Gasteiger partial charge in [-0.25, -0.2) is 0 Å². The second-order valence-electron chi connectivity index (χ2n) is 5.57. The highest BCUT2D eigenvalue weighted by molar-refractivity contribution is 5.78. The molecule has 0 aliphatic carbocycles. The van der Waals surface area contributed by atoms with Gasteiger partial charge >= 0.3 is 0 Å². The molecule has 0 N–H and O–H groups in total. The molecule has 1 aromatic rings. The zero-order valence-corrected chi connectivity index (χ0v) is 12.4. The lowest BCUT2D eigenvalue weighted by Gasteiger charge is -2.17. The number of benzene rings is 1. The van der Waals surface area contributed by atoms with Crippen LogP contribution in [0.4, 0.5) is 0 Å². The van der Waals surface area contributed by atoms with Gasteiger partial charge in [-0.3, -0.25) is 4.79 Å². The van der Waals surface area contributed by atoms with Crippen molar-refractivity contribution in [3.05, 3.63) is 40.3 Å². The van der Waals surface area contributed by atoms with E-state index >= 15 is 0 Å². The van der Waals surface area contributed by atoms with Crippen LogP contribution in [0.25, 0.3) is 10.4 Å². The van der Waals surface area contributed by atoms with E-state index in [1.54, 1.807) is 0 Å². The predicted octanol–water partition coefficient (Wildman–Crippen LogP) is 3.13. The molecule has 1 heterocycles.